The van der Waals surface area contributed by atoms with Gasteiger partial charge in [-0.15, -0.1) is 0 Å². The zero-order valence-electron chi connectivity index (χ0n) is 18.1. The predicted molar refractivity (Wildman–Crippen MR) is 118 cm³/mol. The molecule has 0 aliphatic carbocycles. The van der Waals surface area contributed by atoms with E-state index in [0.717, 1.165) is 19.6 Å². The molecule has 1 unspecified atom stereocenters. The minimum atomic E-state index is -0.763. The monoisotopic (exact) mass is 451 g/mol. The van der Waals surface area contributed by atoms with Crippen molar-refractivity contribution in [2.75, 3.05) is 46.2 Å². The number of carbonyl (C=O) groups excluding carboxylic acids is 2. The molecule has 9 heteroatoms. The molecule has 1 aromatic heterocycles. The van der Waals surface area contributed by atoms with Crippen LogP contribution in [-0.4, -0.2) is 77.8 Å². The van der Waals surface area contributed by atoms with Gasteiger partial charge in [-0.3, -0.25) is 19.5 Å². The Labute approximate surface area is 191 Å². The number of ketones is 1. The van der Waals surface area contributed by atoms with Crippen molar-refractivity contribution in [2.45, 2.75) is 12.5 Å². The van der Waals surface area contributed by atoms with Crippen LogP contribution in [-0.2, 0) is 14.3 Å². The van der Waals surface area contributed by atoms with Gasteiger partial charge in [-0.05, 0) is 36.8 Å². The maximum absolute atomic E-state index is 13.1. The van der Waals surface area contributed by atoms with Crippen LogP contribution in [0.25, 0.3) is 5.76 Å². The molecule has 2 aromatic rings. The van der Waals surface area contributed by atoms with Crippen LogP contribution >= 0.6 is 0 Å². The number of likely N-dealkylation sites (tertiary alicyclic amines) is 1. The molecule has 4 heterocycles. The third-order valence-corrected chi connectivity index (χ3v) is 6.13. The fourth-order valence-electron chi connectivity index (χ4n) is 4.44. The molecule has 2 fully saturated rings. The first-order valence-electron chi connectivity index (χ1n) is 11.0. The van der Waals surface area contributed by atoms with Crippen molar-refractivity contribution in [3.8, 4) is 11.5 Å². The van der Waals surface area contributed by atoms with Crippen LogP contribution in [0.1, 0.15) is 23.7 Å². The lowest BCUT2D eigenvalue weighted by Gasteiger charge is -2.28. The molecular formula is C24H25N3O6. The van der Waals surface area contributed by atoms with E-state index in [1.807, 2.05) is 0 Å². The maximum atomic E-state index is 13.1. The van der Waals surface area contributed by atoms with Crippen LogP contribution in [0.5, 0.6) is 11.5 Å². The molecule has 0 radical (unpaired) electrons. The molecule has 2 saturated heterocycles. The highest BCUT2D eigenvalue weighted by Gasteiger charge is 2.46. The van der Waals surface area contributed by atoms with E-state index >= 15 is 0 Å². The van der Waals surface area contributed by atoms with Gasteiger partial charge in [0, 0.05) is 37.9 Å². The van der Waals surface area contributed by atoms with E-state index in [4.69, 9.17) is 14.2 Å². The van der Waals surface area contributed by atoms with Crippen molar-refractivity contribution in [1.82, 2.24) is 14.8 Å². The summed E-state index contributed by atoms with van der Waals surface area (Å²) in [6, 6.07) is 9.50. The Bertz CT molecular complexity index is 1080. The molecule has 3 aliphatic rings. The smallest absolute Gasteiger partial charge is 0.295 e. The number of benzene rings is 1. The van der Waals surface area contributed by atoms with Gasteiger partial charge in [0.15, 0.2) is 11.5 Å². The van der Waals surface area contributed by atoms with E-state index in [0.29, 0.717) is 48.9 Å². The summed E-state index contributed by atoms with van der Waals surface area (Å²) < 4.78 is 16.1. The number of hydrogen-bond donors (Lipinski definition) is 1. The number of carbonyl (C=O) groups is 2. The molecule has 5 rings (SSSR count). The Balaban J connectivity index is 1.46. The van der Waals surface area contributed by atoms with E-state index in [9.17, 15) is 14.7 Å². The van der Waals surface area contributed by atoms with Gasteiger partial charge in [0.2, 0.25) is 6.79 Å². The lowest BCUT2D eigenvalue weighted by Crippen LogP contribution is -2.39. The summed E-state index contributed by atoms with van der Waals surface area (Å²) in [5.41, 5.74) is 0.945. The molecule has 33 heavy (non-hydrogen) atoms. The highest BCUT2D eigenvalue weighted by Crippen LogP contribution is 2.40. The normalized spacial score (nSPS) is 22.2. The maximum Gasteiger partial charge on any atom is 0.295 e. The summed E-state index contributed by atoms with van der Waals surface area (Å²) in [5, 5.41) is 11.2. The van der Waals surface area contributed by atoms with Crippen molar-refractivity contribution in [1.29, 1.82) is 0 Å². The number of nitrogens with zero attached hydrogens (tertiary/aromatic N) is 3. The van der Waals surface area contributed by atoms with Gasteiger partial charge in [-0.1, -0.05) is 6.07 Å². The van der Waals surface area contributed by atoms with Crippen molar-refractivity contribution < 1.29 is 28.9 Å². The van der Waals surface area contributed by atoms with Gasteiger partial charge < -0.3 is 24.2 Å². The number of rotatable bonds is 6. The van der Waals surface area contributed by atoms with Crippen LogP contribution in [0.2, 0.25) is 0 Å². The zero-order valence-corrected chi connectivity index (χ0v) is 18.1. The Hall–Kier alpha value is -3.43. The van der Waals surface area contributed by atoms with Crippen molar-refractivity contribution in [3.05, 3.63) is 59.4 Å². The van der Waals surface area contributed by atoms with E-state index in [-0.39, 0.29) is 18.1 Å². The number of aliphatic hydroxyl groups excluding tert-OH is 1. The quantitative estimate of drug-likeness (QED) is 0.404. The van der Waals surface area contributed by atoms with E-state index in [1.165, 1.54) is 4.90 Å². The second-order valence-electron chi connectivity index (χ2n) is 8.12. The van der Waals surface area contributed by atoms with E-state index in [1.54, 1.807) is 42.6 Å². The van der Waals surface area contributed by atoms with Crippen molar-refractivity contribution in [3.63, 3.8) is 0 Å². The topological polar surface area (TPSA) is 101 Å². The van der Waals surface area contributed by atoms with Gasteiger partial charge >= 0.3 is 0 Å². The number of aliphatic hydroxyl groups is 1. The number of ether oxygens (including phenoxy) is 3. The Morgan fingerprint density at radius 3 is 2.67 bits per heavy atom. The minimum absolute atomic E-state index is 0.0314. The highest BCUT2D eigenvalue weighted by molar-refractivity contribution is 6.46. The Morgan fingerprint density at radius 1 is 1.06 bits per heavy atom. The van der Waals surface area contributed by atoms with Crippen LogP contribution < -0.4 is 9.47 Å². The first-order chi connectivity index (χ1) is 16.1. The lowest BCUT2D eigenvalue weighted by atomic mass is 9.98. The predicted octanol–water partition coefficient (Wildman–Crippen LogP) is 1.95. The molecule has 172 valence electrons. The van der Waals surface area contributed by atoms with Crippen molar-refractivity contribution >= 4 is 17.4 Å². The molecule has 0 saturated carbocycles. The zero-order chi connectivity index (χ0) is 22.8. The molecule has 1 aromatic carbocycles. The number of morpholine rings is 1. The number of fused-ring (bicyclic) bond motifs is 1. The minimum Gasteiger partial charge on any atom is -0.507 e. The SMILES string of the molecule is O=C1C(=O)N(CCCN2CCOCC2)C(c2ccccn2)C1=C(O)c1ccc2c(c1)OCO2. The molecule has 0 bridgehead atoms. The summed E-state index contributed by atoms with van der Waals surface area (Å²) in [7, 11) is 0. The first-order valence-corrected chi connectivity index (χ1v) is 11.0. The third-order valence-electron chi connectivity index (χ3n) is 6.13. The van der Waals surface area contributed by atoms with E-state index < -0.39 is 17.7 Å². The second-order valence-corrected chi connectivity index (χ2v) is 8.12. The lowest BCUT2D eigenvalue weighted by molar-refractivity contribution is -0.140. The summed E-state index contributed by atoms with van der Waals surface area (Å²) >= 11 is 0. The van der Waals surface area contributed by atoms with Crippen LogP contribution in [0.15, 0.2) is 48.2 Å². The Kier molecular flexibility index (Phi) is 5.97. The fraction of sp³-hybridized carbons (Fsp3) is 0.375. The molecule has 3 aliphatic heterocycles. The molecule has 1 amide bonds. The fourth-order valence-corrected chi connectivity index (χ4v) is 4.44. The summed E-state index contributed by atoms with van der Waals surface area (Å²) in [6.45, 7) is 4.38. The largest absolute Gasteiger partial charge is 0.507 e. The Morgan fingerprint density at radius 2 is 1.88 bits per heavy atom. The first kappa shape index (κ1) is 21.4. The van der Waals surface area contributed by atoms with E-state index in [2.05, 4.69) is 9.88 Å². The molecular weight excluding hydrogens is 426 g/mol. The molecule has 1 atom stereocenters. The number of amides is 1. The average Bonchev–Trinajstić information content (AvgIpc) is 3.42. The third kappa shape index (κ3) is 4.17. The van der Waals surface area contributed by atoms with Gasteiger partial charge in [-0.2, -0.15) is 0 Å². The summed E-state index contributed by atoms with van der Waals surface area (Å²) in [6.07, 6.45) is 2.31. The summed E-state index contributed by atoms with van der Waals surface area (Å²) in [4.78, 5) is 34.3. The average molecular weight is 451 g/mol. The van der Waals surface area contributed by atoms with Gasteiger partial charge in [0.05, 0.1) is 24.5 Å². The van der Waals surface area contributed by atoms with Crippen LogP contribution in [0.3, 0.4) is 0 Å². The van der Waals surface area contributed by atoms with Gasteiger partial charge in [0.1, 0.15) is 11.8 Å². The second kappa shape index (κ2) is 9.21. The highest BCUT2D eigenvalue weighted by atomic mass is 16.7. The molecule has 9 nitrogen and oxygen atoms in total. The molecule has 0 spiro atoms. The van der Waals surface area contributed by atoms with Crippen LogP contribution in [0, 0.1) is 0 Å². The van der Waals surface area contributed by atoms with Crippen molar-refractivity contribution in [2.24, 2.45) is 0 Å². The summed E-state index contributed by atoms with van der Waals surface area (Å²) in [5.74, 6) is -0.551. The van der Waals surface area contributed by atoms with Gasteiger partial charge in [-0.25, -0.2) is 0 Å². The van der Waals surface area contributed by atoms with Gasteiger partial charge in [0.25, 0.3) is 11.7 Å². The van der Waals surface area contributed by atoms with Crippen LogP contribution in [0.4, 0.5) is 0 Å². The standard InChI is InChI=1S/C24H25N3O6/c28-22(16-5-6-18-19(14-16)33-15-32-18)20-21(17-4-1-2-7-25-17)27(24(30)23(20)29)9-3-8-26-10-12-31-13-11-26/h1-2,4-7,14,21,28H,3,8-13,15H2. The number of Topliss-reactive ketones (excluding diaryl/α,β-unsaturated/α-hetero) is 1. The number of hydrogen-bond acceptors (Lipinski definition) is 8. The number of pyridine rings is 1. The number of aromatic nitrogens is 1. The molecule has 1 N–H and O–H groups in total.